The molecule has 0 bridgehead atoms. The van der Waals surface area contributed by atoms with Crippen molar-refractivity contribution in [1.29, 1.82) is 0 Å². The highest BCUT2D eigenvalue weighted by atomic mass is 15.1. The fraction of sp³-hybridized carbons (Fsp3) is 0. The number of hydrogen-bond donors (Lipinski definition) is 0. The van der Waals surface area contributed by atoms with Gasteiger partial charge in [-0.1, -0.05) is 66.7 Å². The highest BCUT2D eigenvalue weighted by Gasteiger charge is 2.17. The first-order valence-corrected chi connectivity index (χ1v) is 13.0. The average Bonchev–Trinajstić information content (AvgIpc) is 3.35. The number of hydrogen-bond acceptors (Lipinski definition) is 3. The molecule has 4 nitrogen and oxygen atoms in total. The van der Waals surface area contributed by atoms with Gasteiger partial charge in [0.1, 0.15) is 5.82 Å². The zero-order valence-electron chi connectivity index (χ0n) is 21.0. The van der Waals surface area contributed by atoms with Gasteiger partial charge >= 0.3 is 0 Å². The molecule has 0 aliphatic heterocycles. The highest BCUT2D eigenvalue weighted by Crippen LogP contribution is 2.38. The van der Waals surface area contributed by atoms with Crippen molar-refractivity contribution in [3.05, 3.63) is 134 Å². The van der Waals surface area contributed by atoms with Gasteiger partial charge in [-0.15, -0.1) is 0 Å². The van der Waals surface area contributed by atoms with E-state index >= 15 is 0 Å². The van der Waals surface area contributed by atoms with Crippen molar-refractivity contribution in [2.45, 2.75) is 0 Å². The molecule has 0 unspecified atom stereocenters. The summed E-state index contributed by atoms with van der Waals surface area (Å²) in [6, 6.07) is 40.4. The summed E-state index contributed by atoms with van der Waals surface area (Å²) in [5, 5.41) is 6.01. The van der Waals surface area contributed by atoms with E-state index in [1.165, 1.54) is 21.5 Å². The Morgan fingerprint density at radius 2 is 1.33 bits per heavy atom. The second kappa shape index (κ2) is 8.61. The number of rotatable bonds is 3. The molecule has 0 aliphatic rings. The number of para-hydroxylation sites is 1. The van der Waals surface area contributed by atoms with E-state index in [0.29, 0.717) is 0 Å². The first-order chi connectivity index (χ1) is 19.3. The maximum atomic E-state index is 5.06. The van der Waals surface area contributed by atoms with Crippen molar-refractivity contribution in [3.63, 3.8) is 0 Å². The van der Waals surface area contributed by atoms with Gasteiger partial charge in [0.2, 0.25) is 0 Å². The van der Waals surface area contributed by atoms with Crippen LogP contribution < -0.4 is 0 Å². The van der Waals surface area contributed by atoms with E-state index in [4.69, 9.17) is 9.97 Å². The van der Waals surface area contributed by atoms with E-state index in [0.717, 1.165) is 50.1 Å². The van der Waals surface area contributed by atoms with Gasteiger partial charge in [0.15, 0.2) is 0 Å². The van der Waals surface area contributed by atoms with Crippen molar-refractivity contribution in [2.24, 2.45) is 0 Å². The summed E-state index contributed by atoms with van der Waals surface area (Å²) < 4.78 is 2.28. The third-order valence-corrected chi connectivity index (χ3v) is 7.52. The third-order valence-electron chi connectivity index (χ3n) is 7.52. The lowest BCUT2D eigenvalue weighted by Crippen LogP contribution is -1.97. The van der Waals surface area contributed by atoms with E-state index in [-0.39, 0.29) is 0 Å². The van der Waals surface area contributed by atoms with E-state index in [2.05, 4.69) is 113 Å². The van der Waals surface area contributed by atoms with Gasteiger partial charge < -0.3 is 0 Å². The van der Waals surface area contributed by atoms with Gasteiger partial charge in [0.05, 0.1) is 22.2 Å². The monoisotopic (exact) mass is 498 g/mol. The second-order valence-corrected chi connectivity index (χ2v) is 9.78. The third kappa shape index (κ3) is 3.50. The lowest BCUT2D eigenvalue weighted by Gasteiger charge is -2.09. The van der Waals surface area contributed by atoms with E-state index in [1.54, 1.807) is 6.20 Å². The molecule has 0 radical (unpaired) electrons. The first kappa shape index (κ1) is 21.7. The number of fused-ring (bicyclic) bond motifs is 6. The van der Waals surface area contributed by atoms with Crippen LogP contribution in [-0.4, -0.2) is 19.5 Å². The standard InChI is InChI=1S/C35H22N4/c1-3-9-28-23(6-1)12-17-33-35(28)29-20-25(30-15-11-27(22-37-30)26-8-5-19-36-21-26)13-16-32(29)39(33)34-18-14-24-7-2-4-10-31(24)38-34/h1-22H. The Bertz CT molecular complexity index is 2160. The normalized spacial score (nSPS) is 11.6. The van der Waals surface area contributed by atoms with Gasteiger partial charge in [-0.3, -0.25) is 14.5 Å². The van der Waals surface area contributed by atoms with Crippen molar-refractivity contribution in [1.82, 2.24) is 19.5 Å². The SMILES string of the molecule is c1cncc(-c2ccc(-c3ccc4c(c3)c3c5ccccc5ccc3n4-c3ccc4ccccc4n3)nc2)c1. The average molecular weight is 499 g/mol. The molecular formula is C35H22N4. The predicted octanol–water partition coefficient (Wildman–Crippen LogP) is 8.61. The minimum atomic E-state index is 0.913. The Balaban J connectivity index is 1.37. The molecule has 0 N–H and O–H groups in total. The smallest absolute Gasteiger partial charge is 0.138 e. The van der Waals surface area contributed by atoms with Crippen molar-refractivity contribution >= 4 is 43.5 Å². The van der Waals surface area contributed by atoms with Crippen molar-refractivity contribution < 1.29 is 0 Å². The van der Waals surface area contributed by atoms with Gasteiger partial charge in [-0.05, 0) is 59.3 Å². The van der Waals surface area contributed by atoms with Crippen LogP contribution in [0.1, 0.15) is 0 Å². The Hall–Kier alpha value is -5.35. The molecule has 4 aromatic carbocycles. The summed E-state index contributed by atoms with van der Waals surface area (Å²) in [4.78, 5) is 14.1. The molecule has 0 spiro atoms. The van der Waals surface area contributed by atoms with E-state index in [9.17, 15) is 0 Å². The quantitative estimate of drug-likeness (QED) is 0.245. The summed E-state index contributed by atoms with van der Waals surface area (Å²) in [7, 11) is 0. The van der Waals surface area contributed by atoms with Gasteiger partial charge in [0.25, 0.3) is 0 Å². The summed E-state index contributed by atoms with van der Waals surface area (Å²) in [5.74, 6) is 0.913. The predicted molar refractivity (Wildman–Crippen MR) is 160 cm³/mol. The van der Waals surface area contributed by atoms with Gasteiger partial charge in [-0.25, -0.2) is 4.98 Å². The summed E-state index contributed by atoms with van der Waals surface area (Å²) in [5.41, 5.74) is 7.39. The van der Waals surface area contributed by atoms with Crippen LogP contribution in [0.5, 0.6) is 0 Å². The topological polar surface area (TPSA) is 43.6 Å². The molecule has 4 heterocycles. The summed E-state index contributed by atoms with van der Waals surface area (Å²) >= 11 is 0. The number of aromatic nitrogens is 4. The van der Waals surface area contributed by atoms with E-state index < -0.39 is 0 Å². The first-order valence-electron chi connectivity index (χ1n) is 13.0. The molecule has 0 saturated heterocycles. The molecule has 0 saturated carbocycles. The lowest BCUT2D eigenvalue weighted by atomic mass is 10.0. The van der Waals surface area contributed by atoms with E-state index in [1.807, 2.05) is 24.5 Å². The molecule has 0 aliphatic carbocycles. The molecule has 0 atom stereocenters. The molecule has 4 heteroatoms. The van der Waals surface area contributed by atoms with Crippen LogP contribution in [0.2, 0.25) is 0 Å². The fourth-order valence-corrected chi connectivity index (χ4v) is 5.65. The molecule has 8 aromatic rings. The second-order valence-electron chi connectivity index (χ2n) is 9.78. The van der Waals surface area contributed by atoms with Crippen LogP contribution in [0.4, 0.5) is 0 Å². The fourth-order valence-electron chi connectivity index (χ4n) is 5.65. The van der Waals surface area contributed by atoms with Crippen LogP contribution in [-0.2, 0) is 0 Å². The Morgan fingerprint density at radius 1 is 0.538 bits per heavy atom. The molecular weight excluding hydrogens is 476 g/mol. The van der Waals surface area contributed by atoms with Gasteiger partial charge in [-0.2, -0.15) is 0 Å². The largest absolute Gasteiger partial charge is 0.294 e. The molecule has 8 rings (SSSR count). The molecule has 4 aromatic heterocycles. The Morgan fingerprint density at radius 3 is 2.21 bits per heavy atom. The van der Waals surface area contributed by atoms with Crippen molar-refractivity contribution in [3.8, 4) is 28.2 Å². The van der Waals surface area contributed by atoms with Crippen LogP contribution >= 0.6 is 0 Å². The zero-order chi connectivity index (χ0) is 25.8. The Kier molecular flexibility index (Phi) is 4.79. The summed E-state index contributed by atoms with van der Waals surface area (Å²) in [6.07, 6.45) is 5.58. The molecule has 0 fully saturated rings. The minimum Gasteiger partial charge on any atom is -0.294 e. The van der Waals surface area contributed by atoms with Crippen LogP contribution in [0, 0.1) is 0 Å². The number of nitrogens with zero attached hydrogens (tertiary/aromatic N) is 4. The van der Waals surface area contributed by atoms with Crippen LogP contribution in [0.15, 0.2) is 134 Å². The number of pyridine rings is 3. The number of benzene rings is 4. The maximum absolute atomic E-state index is 5.06. The van der Waals surface area contributed by atoms with Crippen LogP contribution in [0.3, 0.4) is 0 Å². The molecule has 39 heavy (non-hydrogen) atoms. The Labute approximate surface area is 224 Å². The van der Waals surface area contributed by atoms with Gasteiger partial charge in [0, 0.05) is 51.4 Å². The minimum absolute atomic E-state index is 0.913. The lowest BCUT2D eigenvalue weighted by molar-refractivity contribution is 1.10. The van der Waals surface area contributed by atoms with Crippen molar-refractivity contribution in [2.75, 3.05) is 0 Å². The summed E-state index contributed by atoms with van der Waals surface area (Å²) in [6.45, 7) is 0. The molecule has 0 amide bonds. The zero-order valence-corrected chi connectivity index (χ0v) is 21.0. The maximum Gasteiger partial charge on any atom is 0.138 e. The molecule has 182 valence electrons. The van der Waals surface area contributed by atoms with Crippen LogP contribution in [0.25, 0.3) is 71.7 Å². The highest BCUT2D eigenvalue weighted by molar-refractivity contribution is 6.21.